The second kappa shape index (κ2) is 8.16. The summed E-state index contributed by atoms with van der Waals surface area (Å²) in [5, 5.41) is 4.47. The molecule has 0 aliphatic heterocycles. The first-order chi connectivity index (χ1) is 13.5. The third-order valence-electron chi connectivity index (χ3n) is 4.70. The predicted octanol–water partition coefficient (Wildman–Crippen LogP) is 2.05. The summed E-state index contributed by atoms with van der Waals surface area (Å²) in [4.78, 5) is 26.9. The average Bonchev–Trinajstić information content (AvgIpc) is 3.15. The molecular formula is C20H24N4O4. The highest BCUT2D eigenvalue weighted by Gasteiger charge is 2.15. The van der Waals surface area contributed by atoms with Gasteiger partial charge in [0.15, 0.2) is 11.5 Å². The summed E-state index contributed by atoms with van der Waals surface area (Å²) in [5.74, 6) is 1.11. The second-order valence-corrected chi connectivity index (χ2v) is 6.23. The van der Waals surface area contributed by atoms with Gasteiger partial charge >= 0.3 is 0 Å². The van der Waals surface area contributed by atoms with Crippen molar-refractivity contribution in [3.8, 4) is 22.8 Å². The zero-order valence-corrected chi connectivity index (χ0v) is 16.5. The first kappa shape index (κ1) is 19.5. The topological polar surface area (TPSA) is 78.1 Å². The molecule has 28 heavy (non-hydrogen) atoms. The Morgan fingerprint density at radius 1 is 1.07 bits per heavy atom. The Hall–Kier alpha value is -3.29. The van der Waals surface area contributed by atoms with Crippen molar-refractivity contribution in [3.05, 3.63) is 47.0 Å². The summed E-state index contributed by atoms with van der Waals surface area (Å²) < 4.78 is 13.5. The number of aromatic nitrogens is 3. The highest BCUT2D eigenvalue weighted by molar-refractivity contribution is 5.76. The Labute approximate surface area is 162 Å². The molecule has 0 atom stereocenters. The van der Waals surface area contributed by atoms with Gasteiger partial charge in [0, 0.05) is 31.0 Å². The van der Waals surface area contributed by atoms with Crippen molar-refractivity contribution in [2.75, 3.05) is 27.3 Å². The van der Waals surface area contributed by atoms with Crippen LogP contribution < -0.4 is 15.0 Å². The second-order valence-electron chi connectivity index (χ2n) is 6.23. The summed E-state index contributed by atoms with van der Waals surface area (Å²) in [7, 11) is 3.14. The van der Waals surface area contributed by atoms with Crippen molar-refractivity contribution in [2.24, 2.45) is 0 Å². The van der Waals surface area contributed by atoms with E-state index in [-0.39, 0.29) is 18.0 Å². The van der Waals surface area contributed by atoms with Crippen molar-refractivity contribution in [3.63, 3.8) is 0 Å². The van der Waals surface area contributed by atoms with E-state index in [9.17, 15) is 9.59 Å². The molecule has 2 heterocycles. The van der Waals surface area contributed by atoms with Gasteiger partial charge in [0.05, 0.1) is 19.9 Å². The molecule has 2 aromatic heterocycles. The Balaban J connectivity index is 1.98. The number of methoxy groups -OCH3 is 2. The molecule has 0 bridgehead atoms. The molecule has 0 aliphatic carbocycles. The number of hydrogen-bond acceptors (Lipinski definition) is 5. The van der Waals surface area contributed by atoms with Crippen molar-refractivity contribution >= 4 is 11.4 Å². The van der Waals surface area contributed by atoms with Gasteiger partial charge in [-0.15, -0.1) is 0 Å². The summed E-state index contributed by atoms with van der Waals surface area (Å²) in [6, 6.07) is 7.16. The van der Waals surface area contributed by atoms with Crippen LogP contribution in [0.2, 0.25) is 0 Å². The lowest BCUT2D eigenvalue weighted by Crippen LogP contribution is -2.36. The molecule has 0 unspecified atom stereocenters. The normalized spacial score (nSPS) is 10.9. The molecular weight excluding hydrogens is 360 g/mol. The summed E-state index contributed by atoms with van der Waals surface area (Å²) in [6.07, 6.45) is 3.26. The number of hydrogen-bond donors (Lipinski definition) is 0. The fraction of sp³-hybridized carbons (Fsp3) is 0.350. The third-order valence-corrected chi connectivity index (χ3v) is 4.70. The van der Waals surface area contributed by atoms with Gasteiger partial charge in [-0.3, -0.25) is 9.59 Å². The molecule has 0 saturated heterocycles. The molecule has 148 valence electrons. The molecule has 0 spiro atoms. The molecule has 1 aromatic carbocycles. The van der Waals surface area contributed by atoms with E-state index in [0.717, 1.165) is 5.56 Å². The summed E-state index contributed by atoms with van der Waals surface area (Å²) in [5.41, 5.74) is 1.57. The lowest BCUT2D eigenvalue weighted by atomic mass is 10.1. The number of amides is 1. The van der Waals surface area contributed by atoms with E-state index in [2.05, 4.69) is 5.10 Å². The molecule has 0 aliphatic rings. The van der Waals surface area contributed by atoms with Gasteiger partial charge in [-0.1, -0.05) is 0 Å². The first-order valence-corrected chi connectivity index (χ1v) is 9.11. The van der Waals surface area contributed by atoms with Crippen LogP contribution in [0.15, 0.2) is 41.5 Å². The lowest BCUT2D eigenvalue weighted by molar-refractivity contribution is -0.131. The molecule has 0 fully saturated rings. The zero-order chi connectivity index (χ0) is 20.3. The predicted molar refractivity (Wildman–Crippen MR) is 106 cm³/mol. The molecule has 3 aromatic rings. The van der Waals surface area contributed by atoms with E-state index in [1.165, 1.54) is 9.08 Å². The molecule has 3 rings (SSSR count). The minimum absolute atomic E-state index is 0.00782. The van der Waals surface area contributed by atoms with Crippen LogP contribution in [-0.4, -0.2) is 52.3 Å². The minimum Gasteiger partial charge on any atom is -0.493 e. The number of carbonyl (C=O) groups excluding carboxylic acids is 1. The fourth-order valence-electron chi connectivity index (χ4n) is 3.11. The minimum atomic E-state index is -0.262. The van der Waals surface area contributed by atoms with Crippen LogP contribution in [-0.2, 0) is 11.3 Å². The van der Waals surface area contributed by atoms with Gasteiger partial charge < -0.3 is 18.9 Å². The van der Waals surface area contributed by atoms with Gasteiger partial charge in [-0.25, -0.2) is 4.52 Å². The van der Waals surface area contributed by atoms with E-state index >= 15 is 0 Å². The molecule has 0 radical (unpaired) electrons. The maximum absolute atomic E-state index is 12.8. The molecule has 1 amide bonds. The maximum atomic E-state index is 12.8. The van der Waals surface area contributed by atoms with Crippen LogP contribution in [0.1, 0.15) is 13.8 Å². The quantitative estimate of drug-likeness (QED) is 0.623. The number of fused-ring (bicyclic) bond motifs is 1. The highest BCUT2D eigenvalue weighted by atomic mass is 16.5. The SMILES string of the molecule is CCN(CC)C(=O)Cn1ccn2nc(-c3ccc(OC)c(OC)c3)cc2c1=O. The molecule has 8 heteroatoms. The number of ether oxygens (including phenoxy) is 2. The van der Waals surface area contributed by atoms with Gasteiger partial charge in [0.1, 0.15) is 12.1 Å². The van der Waals surface area contributed by atoms with Crippen molar-refractivity contribution < 1.29 is 14.3 Å². The number of rotatable bonds is 7. The maximum Gasteiger partial charge on any atom is 0.277 e. The Morgan fingerprint density at radius 2 is 1.79 bits per heavy atom. The number of likely N-dealkylation sites (N-methyl/N-ethyl adjacent to an activating group) is 1. The van der Waals surface area contributed by atoms with Gasteiger partial charge in [0.2, 0.25) is 5.91 Å². The average molecular weight is 384 g/mol. The number of benzene rings is 1. The van der Waals surface area contributed by atoms with Gasteiger partial charge in [-0.05, 0) is 38.1 Å². The standard InChI is InChI=1S/C20H24N4O4/c1-5-22(6-2)19(25)13-23-9-10-24-16(20(23)26)12-15(21-24)14-7-8-17(27-3)18(11-14)28-4/h7-12H,5-6,13H2,1-4H3. The Morgan fingerprint density at radius 3 is 2.43 bits per heavy atom. The monoisotopic (exact) mass is 384 g/mol. The Bertz CT molecular complexity index is 1050. The van der Waals surface area contributed by atoms with Gasteiger partial charge in [-0.2, -0.15) is 5.10 Å². The van der Waals surface area contributed by atoms with Crippen LogP contribution >= 0.6 is 0 Å². The third kappa shape index (κ3) is 3.58. The van der Waals surface area contributed by atoms with E-state index in [0.29, 0.717) is 35.8 Å². The lowest BCUT2D eigenvalue weighted by Gasteiger charge is -2.19. The Kier molecular flexibility index (Phi) is 5.67. The largest absolute Gasteiger partial charge is 0.493 e. The summed E-state index contributed by atoms with van der Waals surface area (Å²) >= 11 is 0. The first-order valence-electron chi connectivity index (χ1n) is 9.11. The zero-order valence-electron chi connectivity index (χ0n) is 16.5. The van der Waals surface area contributed by atoms with Crippen LogP contribution in [0.25, 0.3) is 16.8 Å². The van der Waals surface area contributed by atoms with E-state index in [1.807, 2.05) is 26.0 Å². The van der Waals surface area contributed by atoms with Crippen molar-refractivity contribution in [1.82, 2.24) is 19.1 Å². The van der Waals surface area contributed by atoms with E-state index in [4.69, 9.17) is 9.47 Å². The van der Waals surface area contributed by atoms with Crippen LogP contribution in [0.3, 0.4) is 0 Å². The smallest absolute Gasteiger partial charge is 0.277 e. The summed E-state index contributed by atoms with van der Waals surface area (Å²) in [6.45, 7) is 5.07. The number of nitrogens with zero attached hydrogens (tertiary/aromatic N) is 4. The van der Waals surface area contributed by atoms with E-state index < -0.39 is 0 Å². The molecule has 0 N–H and O–H groups in total. The van der Waals surface area contributed by atoms with Crippen molar-refractivity contribution in [1.29, 1.82) is 0 Å². The number of carbonyl (C=O) groups is 1. The highest BCUT2D eigenvalue weighted by Crippen LogP contribution is 2.31. The van der Waals surface area contributed by atoms with E-state index in [1.54, 1.807) is 43.6 Å². The van der Waals surface area contributed by atoms with Gasteiger partial charge in [0.25, 0.3) is 5.56 Å². The van der Waals surface area contributed by atoms with Crippen LogP contribution in [0.5, 0.6) is 11.5 Å². The van der Waals surface area contributed by atoms with Crippen LogP contribution in [0, 0.1) is 0 Å². The molecule has 0 saturated carbocycles. The molecule has 8 nitrogen and oxygen atoms in total. The van der Waals surface area contributed by atoms with Crippen LogP contribution in [0.4, 0.5) is 0 Å². The fourth-order valence-corrected chi connectivity index (χ4v) is 3.11. The van der Waals surface area contributed by atoms with Crippen molar-refractivity contribution in [2.45, 2.75) is 20.4 Å².